The number of carbonyl (C=O) groups excluding carboxylic acids is 1. The van der Waals surface area contributed by atoms with Crippen LogP contribution in [0.5, 0.6) is 0 Å². The molecule has 0 radical (unpaired) electrons. The number of aromatic amines is 1. The van der Waals surface area contributed by atoms with Crippen LogP contribution in [0.2, 0.25) is 5.02 Å². The Hall–Kier alpha value is -3.61. The molecule has 0 aliphatic carbocycles. The van der Waals surface area contributed by atoms with Crippen molar-refractivity contribution in [1.29, 1.82) is 0 Å². The summed E-state index contributed by atoms with van der Waals surface area (Å²) in [6.45, 7) is 0.798. The van der Waals surface area contributed by atoms with Crippen molar-refractivity contribution in [2.45, 2.75) is 30.2 Å². The fourth-order valence-corrected chi connectivity index (χ4v) is 6.21. The number of sulfonamides is 1. The fraction of sp³-hybridized carbons (Fsp3) is 0.292. The molecule has 4 aromatic rings. The maximum absolute atomic E-state index is 13.2. The molecule has 1 fully saturated rings. The maximum Gasteiger partial charge on any atom is 0.337 e. The Labute approximate surface area is 217 Å². The van der Waals surface area contributed by atoms with E-state index in [-0.39, 0.29) is 29.4 Å². The summed E-state index contributed by atoms with van der Waals surface area (Å²) in [5, 5.41) is 8.40. The number of nitrogens with zero attached hydrogens (tertiary/aromatic N) is 5. The monoisotopic (exact) mass is 542 g/mol. The van der Waals surface area contributed by atoms with Crippen LogP contribution in [0, 0.1) is 0 Å². The first-order chi connectivity index (χ1) is 17.8. The molecule has 11 nitrogen and oxygen atoms in total. The molecule has 0 saturated carbocycles. The van der Waals surface area contributed by atoms with Crippen molar-refractivity contribution >= 4 is 38.8 Å². The van der Waals surface area contributed by atoms with E-state index >= 15 is 0 Å². The van der Waals surface area contributed by atoms with Crippen LogP contribution in [0.3, 0.4) is 0 Å². The third kappa shape index (κ3) is 4.99. The van der Waals surface area contributed by atoms with E-state index < -0.39 is 21.6 Å². The van der Waals surface area contributed by atoms with E-state index in [1.165, 1.54) is 28.2 Å². The number of piperidine rings is 1. The zero-order valence-corrected chi connectivity index (χ0v) is 21.4. The topological polar surface area (TPSA) is 140 Å². The van der Waals surface area contributed by atoms with Crippen molar-refractivity contribution in [2.75, 3.05) is 20.2 Å². The lowest BCUT2D eigenvalue weighted by molar-refractivity contribution is 0.0600. The Kier molecular flexibility index (Phi) is 6.80. The highest BCUT2D eigenvalue weighted by Gasteiger charge is 2.32. The molecule has 37 heavy (non-hydrogen) atoms. The van der Waals surface area contributed by atoms with Gasteiger partial charge in [-0.2, -0.15) is 4.31 Å². The molecular weight excluding hydrogens is 520 g/mol. The van der Waals surface area contributed by atoms with Gasteiger partial charge in [0.25, 0.3) is 5.56 Å². The van der Waals surface area contributed by atoms with Gasteiger partial charge in [0.05, 0.1) is 24.1 Å². The molecule has 192 valence electrons. The number of methoxy groups -OCH3 is 1. The number of hydrogen-bond donors (Lipinski definition) is 1. The van der Waals surface area contributed by atoms with Crippen LogP contribution in [0.25, 0.3) is 11.2 Å². The van der Waals surface area contributed by atoms with Crippen LogP contribution in [0.1, 0.15) is 40.5 Å². The first-order valence-corrected chi connectivity index (χ1v) is 13.3. The summed E-state index contributed by atoms with van der Waals surface area (Å²) in [4.78, 5) is 32.0. The number of nitrogens with one attached hydrogen (secondary N) is 1. The lowest BCUT2D eigenvalue weighted by Crippen LogP contribution is -2.39. The van der Waals surface area contributed by atoms with Crippen LogP contribution < -0.4 is 5.56 Å². The number of rotatable bonds is 6. The highest BCUT2D eigenvalue weighted by molar-refractivity contribution is 7.89. The van der Waals surface area contributed by atoms with Crippen molar-refractivity contribution in [3.63, 3.8) is 0 Å². The average Bonchev–Trinajstić information content (AvgIpc) is 3.32. The second-order valence-electron chi connectivity index (χ2n) is 8.72. The molecule has 2 aromatic carbocycles. The predicted molar refractivity (Wildman–Crippen MR) is 135 cm³/mol. The Balaban J connectivity index is 1.42. The SMILES string of the molecule is COC(=O)c1ccc(Cn2nnc3c(=O)[nH]c(C4CCCN(S(=O)(=O)c5cccc(Cl)c5)C4)nc32)cc1. The van der Waals surface area contributed by atoms with Crippen molar-refractivity contribution in [3.05, 3.63) is 80.9 Å². The van der Waals surface area contributed by atoms with Gasteiger partial charge in [-0.3, -0.25) is 4.79 Å². The quantitative estimate of drug-likeness (QED) is 0.367. The highest BCUT2D eigenvalue weighted by atomic mass is 35.5. The van der Waals surface area contributed by atoms with Crippen molar-refractivity contribution < 1.29 is 17.9 Å². The lowest BCUT2D eigenvalue weighted by atomic mass is 9.99. The van der Waals surface area contributed by atoms with Gasteiger partial charge in [-0.15, -0.1) is 5.10 Å². The molecule has 1 unspecified atom stereocenters. The zero-order valence-electron chi connectivity index (χ0n) is 19.8. The van der Waals surface area contributed by atoms with E-state index in [0.29, 0.717) is 41.4 Å². The minimum Gasteiger partial charge on any atom is -0.465 e. The maximum atomic E-state index is 13.2. The molecule has 1 aliphatic heterocycles. The van der Waals surface area contributed by atoms with E-state index in [1.807, 2.05) is 0 Å². The summed E-state index contributed by atoms with van der Waals surface area (Å²) >= 11 is 6.01. The second-order valence-corrected chi connectivity index (χ2v) is 11.1. The molecule has 0 spiro atoms. The lowest BCUT2D eigenvalue weighted by Gasteiger charge is -2.31. The number of fused-ring (bicyclic) bond motifs is 1. The second kappa shape index (κ2) is 10.0. The van der Waals surface area contributed by atoms with Gasteiger partial charge < -0.3 is 9.72 Å². The fourth-order valence-electron chi connectivity index (χ4n) is 4.38. The molecule has 1 saturated heterocycles. The number of aromatic nitrogens is 5. The molecule has 0 bridgehead atoms. The largest absolute Gasteiger partial charge is 0.465 e. The minimum atomic E-state index is -3.76. The summed E-state index contributed by atoms with van der Waals surface area (Å²) in [7, 11) is -2.45. The number of halogens is 1. The zero-order chi connectivity index (χ0) is 26.2. The van der Waals surface area contributed by atoms with Crippen LogP contribution in [-0.4, -0.2) is 63.9 Å². The Bertz CT molecular complexity index is 1630. The van der Waals surface area contributed by atoms with Crippen LogP contribution in [0.15, 0.2) is 58.2 Å². The molecule has 1 aliphatic rings. The molecular formula is C24H23ClN6O5S. The van der Waals surface area contributed by atoms with Gasteiger partial charge in [0, 0.05) is 24.0 Å². The van der Waals surface area contributed by atoms with Crippen LogP contribution in [0.4, 0.5) is 0 Å². The van der Waals surface area contributed by atoms with E-state index in [0.717, 1.165) is 5.56 Å². The number of carbonyl (C=O) groups is 1. The van der Waals surface area contributed by atoms with Gasteiger partial charge in [0.1, 0.15) is 5.82 Å². The molecule has 1 atom stereocenters. The molecule has 5 rings (SSSR count). The minimum absolute atomic E-state index is 0.0918. The molecule has 13 heteroatoms. The number of ether oxygens (including phenoxy) is 1. The van der Waals surface area contributed by atoms with Gasteiger partial charge in [-0.1, -0.05) is 35.0 Å². The number of H-pyrrole nitrogens is 1. The molecule has 2 aromatic heterocycles. The Morgan fingerprint density at radius 1 is 1.22 bits per heavy atom. The van der Waals surface area contributed by atoms with Gasteiger partial charge in [-0.25, -0.2) is 22.9 Å². The first kappa shape index (κ1) is 25.1. The molecule has 0 amide bonds. The third-order valence-electron chi connectivity index (χ3n) is 6.30. The summed E-state index contributed by atoms with van der Waals surface area (Å²) in [6.07, 6.45) is 1.27. The summed E-state index contributed by atoms with van der Waals surface area (Å²) in [5.41, 5.74) is 1.18. The van der Waals surface area contributed by atoms with E-state index in [9.17, 15) is 18.0 Å². The van der Waals surface area contributed by atoms with E-state index in [1.54, 1.807) is 36.4 Å². The van der Waals surface area contributed by atoms with Gasteiger partial charge in [0.15, 0.2) is 11.2 Å². The molecule has 3 heterocycles. The first-order valence-electron chi connectivity index (χ1n) is 11.5. The van der Waals surface area contributed by atoms with Crippen molar-refractivity contribution in [1.82, 2.24) is 29.3 Å². The standard InChI is InChI=1S/C24H23ClN6O5S/c1-36-24(33)16-9-7-15(8-10-16)13-31-22-20(28-29-31)23(32)27-21(26-22)17-4-3-11-30(14-17)37(34,35)19-6-2-5-18(25)12-19/h2,5-10,12,17H,3-4,11,13-14H2,1H3,(H,26,27,32). The van der Waals surface area contributed by atoms with Crippen LogP contribution >= 0.6 is 11.6 Å². The normalized spacial score (nSPS) is 16.6. The third-order valence-corrected chi connectivity index (χ3v) is 8.40. The number of benzene rings is 2. The summed E-state index contributed by atoms with van der Waals surface area (Å²) in [6, 6.07) is 13.0. The van der Waals surface area contributed by atoms with Gasteiger partial charge in [0.2, 0.25) is 10.0 Å². The Morgan fingerprint density at radius 2 is 2.00 bits per heavy atom. The van der Waals surface area contributed by atoms with Crippen molar-refractivity contribution in [2.24, 2.45) is 0 Å². The Morgan fingerprint density at radius 3 is 2.73 bits per heavy atom. The van der Waals surface area contributed by atoms with Crippen LogP contribution in [-0.2, 0) is 21.3 Å². The van der Waals surface area contributed by atoms with Gasteiger partial charge in [-0.05, 0) is 48.7 Å². The smallest absolute Gasteiger partial charge is 0.337 e. The van der Waals surface area contributed by atoms with E-state index in [4.69, 9.17) is 16.3 Å². The molecule has 1 N–H and O–H groups in total. The van der Waals surface area contributed by atoms with Crippen molar-refractivity contribution in [3.8, 4) is 0 Å². The summed E-state index contributed by atoms with van der Waals surface area (Å²) in [5.74, 6) is -0.370. The average molecular weight is 543 g/mol. The van der Waals surface area contributed by atoms with Gasteiger partial charge >= 0.3 is 5.97 Å². The highest BCUT2D eigenvalue weighted by Crippen LogP contribution is 2.29. The van der Waals surface area contributed by atoms with E-state index in [2.05, 4.69) is 20.3 Å². The summed E-state index contributed by atoms with van der Waals surface area (Å²) < 4.78 is 34.1. The number of hydrogen-bond acceptors (Lipinski definition) is 8. The number of esters is 1. The predicted octanol–water partition coefficient (Wildman–Crippen LogP) is 2.57.